The Bertz CT molecular complexity index is 179. The fraction of sp³-hybridized carbons (Fsp3) is 0.667. The third-order valence-corrected chi connectivity index (χ3v) is 1.64. The third kappa shape index (κ3) is 0.876. The Morgan fingerprint density at radius 3 is 2.78 bits per heavy atom. The van der Waals surface area contributed by atoms with Crippen LogP contribution in [0.2, 0.25) is 0 Å². The van der Waals surface area contributed by atoms with Crippen molar-refractivity contribution in [3.63, 3.8) is 0 Å². The van der Waals surface area contributed by atoms with E-state index < -0.39 is 0 Å². The Kier molecular flexibility index (Phi) is 0.931. The Morgan fingerprint density at radius 2 is 2.33 bits per heavy atom. The molecule has 0 radical (unpaired) electrons. The minimum Gasteiger partial charge on any atom is -0.305 e. The van der Waals surface area contributed by atoms with E-state index in [1.807, 2.05) is 6.08 Å². The molecule has 3 nitrogen and oxygen atoms in total. The molecule has 0 aromatic heterocycles. The summed E-state index contributed by atoms with van der Waals surface area (Å²) >= 11 is 0. The molecule has 48 valence electrons. The molecule has 1 saturated carbocycles. The van der Waals surface area contributed by atoms with Crippen LogP contribution in [0.4, 0.5) is 0 Å². The van der Waals surface area contributed by atoms with Crippen LogP contribution in [0.5, 0.6) is 0 Å². The van der Waals surface area contributed by atoms with E-state index in [2.05, 4.69) is 10.2 Å². The quantitative estimate of drug-likeness (QED) is 0.556. The highest BCUT2D eigenvalue weighted by Crippen LogP contribution is 2.38. The Balaban J connectivity index is 2.12. The molecule has 0 bridgehead atoms. The minimum atomic E-state index is -0.152. The van der Waals surface area contributed by atoms with Crippen molar-refractivity contribution in [3.05, 3.63) is 11.8 Å². The molecule has 1 atom stereocenters. The van der Waals surface area contributed by atoms with E-state index in [-0.39, 0.29) is 6.17 Å². The molecule has 0 unspecified atom stereocenters. The minimum absolute atomic E-state index is 0.152. The van der Waals surface area contributed by atoms with E-state index in [0.29, 0.717) is 5.92 Å². The molecule has 0 aromatic rings. The summed E-state index contributed by atoms with van der Waals surface area (Å²) in [4.78, 5) is 0. The van der Waals surface area contributed by atoms with Crippen molar-refractivity contribution in [2.24, 2.45) is 21.9 Å². The van der Waals surface area contributed by atoms with Crippen LogP contribution in [0.15, 0.2) is 22.0 Å². The standard InChI is InChI=1S/C6H9N3/c7-6-3-5(8-9-6)4-1-2-4/h3-4,6H,1-2,7H2/t6-/m1/s1. The second-order valence-electron chi connectivity index (χ2n) is 2.57. The number of hydrogen-bond acceptors (Lipinski definition) is 3. The van der Waals surface area contributed by atoms with Crippen LogP contribution in [0, 0.1) is 5.92 Å². The summed E-state index contributed by atoms with van der Waals surface area (Å²) in [6.45, 7) is 0. The van der Waals surface area contributed by atoms with Crippen molar-refractivity contribution in [2.75, 3.05) is 0 Å². The van der Waals surface area contributed by atoms with E-state index in [1.54, 1.807) is 0 Å². The van der Waals surface area contributed by atoms with Crippen LogP contribution in [-0.2, 0) is 0 Å². The zero-order valence-corrected chi connectivity index (χ0v) is 5.12. The van der Waals surface area contributed by atoms with Gasteiger partial charge in [0.05, 0.1) is 5.70 Å². The first-order chi connectivity index (χ1) is 4.36. The normalized spacial score (nSPS) is 33.0. The third-order valence-electron chi connectivity index (χ3n) is 1.64. The molecule has 0 amide bonds. The molecule has 9 heavy (non-hydrogen) atoms. The maximum atomic E-state index is 5.45. The molecule has 1 aliphatic heterocycles. The lowest BCUT2D eigenvalue weighted by Gasteiger charge is -1.86. The summed E-state index contributed by atoms with van der Waals surface area (Å²) in [6, 6.07) is 0. The van der Waals surface area contributed by atoms with Gasteiger partial charge in [-0.3, -0.25) is 0 Å². The van der Waals surface area contributed by atoms with E-state index in [0.717, 1.165) is 5.70 Å². The van der Waals surface area contributed by atoms with Gasteiger partial charge in [-0.15, -0.1) is 0 Å². The molecule has 1 aliphatic carbocycles. The van der Waals surface area contributed by atoms with Crippen molar-refractivity contribution in [1.82, 2.24) is 0 Å². The highest BCUT2D eigenvalue weighted by Gasteiger charge is 2.28. The lowest BCUT2D eigenvalue weighted by Crippen LogP contribution is -2.09. The topological polar surface area (TPSA) is 50.7 Å². The van der Waals surface area contributed by atoms with Crippen LogP contribution < -0.4 is 5.73 Å². The molecule has 0 spiro atoms. The summed E-state index contributed by atoms with van der Waals surface area (Å²) in [5.41, 5.74) is 6.57. The van der Waals surface area contributed by atoms with Crippen LogP contribution in [-0.4, -0.2) is 6.17 Å². The second-order valence-corrected chi connectivity index (χ2v) is 2.57. The lowest BCUT2D eigenvalue weighted by atomic mass is 10.3. The summed E-state index contributed by atoms with van der Waals surface area (Å²) in [5.74, 6) is 0.697. The highest BCUT2D eigenvalue weighted by molar-refractivity contribution is 5.15. The fourth-order valence-corrected chi connectivity index (χ4v) is 0.972. The molecule has 2 rings (SSSR count). The monoisotopic (exact) mass is 123 g/mol. The predicted molar refractivity (Wildman–Crippen MR) is 33.6 cm³/mol. The van der Waals surface area contributed by atoms with Crippen molar-refractivity contribution in [1.29, 1.82) is 0 Å². The largest absolute Gasteiger partial charge is 0.305 e. The molecule has 0 saturated heterocycles. The zero-order valence-electron chi connectivity index (χ0n) is 5.12. The van der Waals surface area contributed by atoms with Crippen molar-refractivity contribution >= 4 is 0 Å². The summed E-state index contributed by atoms with van der Waals surface area (Å²) in [7, 11) is 0. The molecule has 0 aromatic carbocycles. The van der Waals surface area contributed by atoms with Crippen LogP contribution in [0.25, 0.3) is 0 Å². The maximum absolute atomic E-state index is 5.45. The van der Waals surface area contributed by atoms with Gasteiger partial charge in [0.2, 0.25) is 0 Å². The Hall–Kier alpha value is -0.700. The van der Waals surface area contributed by atoms with Crippen LogP contribution >= 0.6 is 0 Å². The van der Waals surface area contributed by atoms with Crippen LogP contribution in [0.1, 0.15) is 12.8 Å². The smallest absolute Gasteiger partial charge is 0.139 e. The highest BCUT2D eigenvalue weighted by atomic mass is 15.2. The number of hydrogen-bond donors (Lipinski definition) is 1. The van der Waals surface area contributed by atoms with E-state index in [9.17, 15) is 0 Å². The van der Waals surface area contributed by atoms with E-state index >= 15 is 0 Å². The van der Waals surface area contributed by atoms with Gasteiger partial charge in [-0.25, -0.2) is 0 Å². The number of azo groups is 1. The van der Waals surface area contributed by atoms with Crippen LogP contribution in [0.3, 0.4) is 0 Å². The van der Waals surface area contributed by atoms with Crippen molar-refractivity contribution in [2.45, 2.75) is 19.0 Å². The number of nitrogens with two attached hydrogens (primary N) is 1. The first kappa shape index (κ1) is 5.11. The van der Waals surface area contributed by atoms with Gasteiger partial charge in [0.25, 0.3) is 0 Å². The van der Waals surface area contributed by atoms with Crippen molar-refractivity contribution in [3.8, 4) is 0 Å². The van der Waals surface area contributed by atoms with E-state index in [1.165, 1.54) is 12.8 Å². The molecule has 1 heterocycles. The number of allylic oxidation sites excluding steroid dienone is 1. The summed E-state index contributed by atoms with van der Waals surface area (Å²) in [6.07, 6.45) is 4.34. The predicted octanol–water partition coefficient (Wildman–Crippen LogP) is 1.03. The van der Waals surface area contributed by atoms with Crippen molar-refractivity contribution < 1.29 is 0 Å². The average molecular weight is 123 g/mol. The Labute approximate surface area is 53.6 Å². The molecule has 2 N–H and O–H groups in total. The van der Waals surface area contributed by atoms with E-state index in [4.69, 9.17) is 5.73 Å². The molecular weight excluding hydrogens is 114 g/mol. The molecule has 2 aliphatic rings. The maximum Gasteiger partial charge on any atom is 0.139 e. The fourth-order valence-electron chi connectivity index (χ4n) is 0.972. The SMILES string of the molecule is N[C@H]1C=C(C2CC2)N=N1. The van der Waals surface area contributed by atoms with Gasteiger partial charge in [-0.1, -0.05) is 0 Å². The average Bonchev–Trinajstić information content (AvgIpc) is 2.58. The van der Waals surface area contributed by atoms with Gasteiger partial charge in [0.15, 0.2) is 0 Å². The Morgan fingerprint density at radius 1 is 1.56 bits per heavy atom. The molecular formula is C6H9N3. The van der Waals surface area contributed by atoms with Gasteiger partial charge in [-0.2, -0.15) is 10.2 Å². The first-order valence-electron chi connectivity index (χ1n) is 3.24. The number of nitrogens with zero attached hydrogens (tertiary/aromatic N) is 2. The molecule has 1 fully saturated rings. The van der Waals surface area contributed by atoms with Gasteiger partial charge < -0.3 is 5.73 Å². The summed E-state index contributed by atoms with van der Waals surface area (Å²) < 4.78 is 0. The lowest BCUT2D eigenvalue weighted by molar-refractivity contribution is 0.846. The van der Waals surface area contributed by atoms with Gasteiger partial charge in [0.1, 0.15) is 6.17 Å². The second kappa shape index (κ2) is 1.64. The molecule has 3 heteroatoms. The summed E-state index contributed by atoms with van der Waals surface area (Å²) in [5, 5.41) is 7.73. The number of rotatable bonds is 1. The van der Waals surface area contributed by atoms with Gasteiger partial charge in [-0.05, 0) is 18.9 Å². The van der Waals surface area contributed by atoms with Gasteiger partial charge >= 0.3 is 0 Å². The van der Waals surface area contributed by atoms with Gasteiger partial charge in [0, 0.05) is 5.92 Å². The zero-order chi connectivity index (χ0) is 6.27. The first-order valence-corrected chi connectivity index (χ1v) is 3.24.